The zero-order valence-corrected chi connectivity index (χ0v) is 18.7. The van der Waals surface area contributed by atoms with Crippen LogP contribution in [0.4, 0.5) is 5.69 Å². The van der Waals surface area contributed by atoms with Crippen LogP contribution in [-0.4, -0.2) is 59.8 Å². The number of carbonyl (C=O) groups excluding carboxylic acids is 2. The van der Waals surface area contributed by atoms with Crippen molar-refractivity contribution in [3.05, 3.63) is 68.3 Å². The summed E-state index contributed by atoms with van der Waals surface area (Å²) < 4.78 is 0. The molecule has 0 atom stereocenters. The molecular formula is C22H24N4O2S2. The van der Waals surface area contributed by atoms with Crippen molar-refractivity contribution in [3.63, 3.8) is 0 Å². The van der Waals surface area contributed by atoms with Crippen LogP contribution in [0.15, 0.2) is 47.2 Å². The molecule has 6 nitrogen and oxygen atoms in total. The van der Waals surface area contributed by atoms with Gasteiger partial charge in [-0.05, 0) is 30.5 Å². The molecule has 1 fully saturated rings. The topological polar surface area (TPSA) is 56.8 Å². The number of hydrogen-bond donors (Lipinski definition) is 0. The average Bonchev–Trinajstić information content (AvgIpc) is 3.45. The highest BCUT2D eigenvalue weighted by Crippen LogP contribution is 2.24. The second-order valence-electron chi connectivity index (χ2n) is 7.28. The second kappa shape index (κ2) is 9.07. The minimum Gasteiger partial charge on any atom is -0.336 e. The number of thiazole rings is 1. The number of aryl methyl sites for hydroxylation is 1. The van der Waals surface area contributed by atoms with Gasteiger partial charge in [0.15, 0.2) is 0 Å². The fraction of sp³-hybridized carbons (Fsp3) is 0.318. The van der Waals surface area contributed by atoms with Crippen LogP contribution in [0.2, 0.25) is 0 Å². The second-order valence-corrected chi connectivity index (χ2v) is 9.29. The highest BCUT2D eigenvalue weighted by Gasteiger charge is 2.26. The van der Waals surface area contributed by atoms with E-state index in [0.29, 0.717) is 29.2 Å². The molecule has 0 spiro atoms. The highest BCUT2D eigenvalue weighted by atomic mass is 32.1. The van der Waals surface area contributed by atoms with Crippen molar-refractivity contribution in [2.24, 2.45) is 0 Å². The molecule has 1 aliphatic rings. The fourth-order valence-electron chi connectivity index (χ4n) is 3.61. The zero-order chi connectivity index (χ0) is 21.1. The molecule has 0 radical (unpaired) electrons. The average molecular weight is 441 g/mol. The van der Waals surface area contributed by atoms with E-state index in [-0.39, 0.29) is 11.8 Å². The van der Waals surface area contributed by atoms with E-state index in [1.807, 2.05) is 41.5 Å². The molecule has 0 bridgehead atoms. The van der Waals surface area contributed by atoms with Gasteiger partial charge in [-0.2, -0.15) is 0 Å². The molecule has 0 N–H and O–H groups in total. The quantitative estimate of drug-likeness (QED) is 0.606. The number of piperazine rings is 1. The third-order valence-electron chi connectivity index (χ3n) is 5.24. The Morgan fingerprint density at radius 1 is 1.07 bits per heavy atom. The first-order valence-corrected chi connectivity index (χ1v) is 11.6. The largest absolute Gasteiger partial charge is 0.336 e. The summed E-state index contributed by atoms with van der Waals surface area (Å²) in [6.07, 6.45) is 0. The summed E-state index contributed by atoms with van der Waals surface area (Å²) in [5.41, 5.74) is 2.30. The molecule has 156 valence electrons. The molecule has 1 saturated heterocycles. The first-order valence-electron chi connectivity index (χ1n) is 9.86. The number of amides is 2. The zero-order valence-electron chi connectivity index (χ0n) is 17.1. The van der Waals surface area contributed by atoms with Crippen LogP contribution < -0.4 is 4.90 Å². The van der Waals surface area contributed by atoms with E-state index in [4.69, 9.17) is 0 Å². The predicted octanol–water partition coefficient (Wildman–Crippen LogP) is 3.75. The van der Waals surface area contributed by atoms with Gasteiger partial charge in [-0.15, -0.1) is 22.7 Å². The lowest BCUT2D eigenvalue weighted by Gasteiger charge is -2.35. The normalized spacial score (nSPS) is 14.7. The number of rotatable bonds is 5. The summed E-state index contributed by atoms with van der Waals surface area (Å²) >= 11 is 3.07. The van der Waals surface area contributed by atoms with Crippen molar-refractivity contribution in [2.45, 2.75) is 13.5 Å². The maximum atomic E-state index is 13.3. The number of carbonyl (C=O) groups is 2. The van der Waals surface area contributed by atoms with Crippen molar-refractivity contribution in [1.29, 1.82) is 0 Å². The van der Waals surface area contributed by atoms with Gasteiger partial charge in [-0.3, -0.25) is 14.5 Å². The maximum Gasteiger partial charge on any atom is 0.268 e. The molecule has 2 aromatic heterocycles. The number of hydrogen-bond acceptors (Lipinski definition) is 6. The molecular weight excluding hydrogens is 416 g/mol. The Morgan fingerprint density at radius 2 is 1.83 bits per heavy atom. The third kappa shape index (κ3) is 4.45. The fourth-order valence-corrected chi connectivity index (χ4v) is 4.91. The summed E-state index contributed by atoms with van der Waals surface area (Å²) in [4.78, 5) is 37.0. The molecule has 1 aliphatic heterocycles. The number of nitrogens with zero attached hydrogens (tertiary/aromatic N) is 4. The van der Waals surface area contributed by atoms with Gasteiger partial charge < -0.3 is 9.80 Å². The lowest BCUT2D eigenvalue weighted by Crippen LogP contribution is -2.48. The van der Waals surface area contributed by atoms with Gasteiger partial charge in [0.05, 0.1) is 26.8 Å². The standard InChI is InChI=1S/C22H24N4O2S2/c1-16-23-17(15-30-16)14-25-9-11-26(12-10-25)21(27)18-6-3-4-7-19(18)24(2)22(28)20-8-5-13-29-20/h3-8,13,15H,9-12,14H2,1-2H3. The first-order chi connectivity index (χ1) is 14.5. The predicted molar refractivity (Wildman–Crippen MR) is 122 cm³/mol. The van der Waals surface area contributed by atoms with Crippen LogP contribution in [0.5, 0.6) is 0 Å². The minimum atomic E-state index is -0.103. The van der Waals surface area contributed by atoms with Gasteiger partial charge in [-0.1, -0.05) is 18.2 Å². The Balaban J connectivity index is 1.43. The minimum absolute atomic E-state index is 0.0272. The van der Waals surface area contributed by atoms with Gasteiger partial charge in [0.2, 0.25) is 0 Å². The summed E-state index contributed by atoms with van der Waals surface area (Å²) in [7, 11) is 1.72. The Hall–Kier alpha value is -2.55. The Morgan fingerprint density at radius 3 is 2.50 bits per heavy atom. The molecule has 8 heteroatoms. The number of para-hydroxylation sites is 1. The maximum absolute atomic E-state index is 13.3. The molecule has 2 amide bonds. The smallest absolute Gasteiger partial charge is 0.268 e. The van der Waals surface area contributed by atoms with E-state index >= 15 is 0 Å². The van der Waals surface area contributed by atoms with E-state index in [0.717, 1.165) is 30.3 Å². The van der Waals surface area contributed by atoms with Crippen molar-refractivity contribution in [1.82, 2.24) is 14.8 Å². The van der Waals surface area contributed by atoms with Gasteiger partial charge in [0.25, 0.3) is 11.8 Å². The molecule has 3 heterocycles. The van der Waals surface area contributed by atoms with Crippen LogP contribution in [0, 0.1) is 6.92 Å². The van der Waals surface area contributed by atoms with Crippen molar-refractivity contribution >= 4 is 40.2 Å². The van der Waals surface area contributed by atoms with Crippen LogP contribution in [-0.2, 0) is 6.54 Å². The summed E-state index contributed by atoms with van der Waals surface area (Å²) in [6, 6.07) is 11.0. The van der Waals surface area contributed by atoms with E-state index in [9.17, 15) is 9.59 Å². The number of aromatic nitrogens is 1. The molecule has 0 saturated carbocycles. The monoisotopic (exact) mass is 440 g/mol. The van der Waals surface area contributed by atoms with Gasteiger partial charge in [0.1, 0.15) is 0 Å². The van der Waals surface area contributed by atoms with Gasteiger partial charge >= 0.3 is 0 Å². The Kier molecular flexibility index (Phi) is 6.26. The number of benzene rings is 1. The molecule has 1 aromatic carbocycles. The molecule has 4 rings (SSSR count). The van der Waals surface area contributed by atoms with E-state index in [2.05, 4.69) is 15.3 Å². The number of thiophene rings is 1. The lowest BCUT2D eigenvalue weighted by atomic mass is 10.1. The van der Waals surface area contributed by atoms with E-state index < -0.39 is 0 Å². The molecule has 30 heavy (non-hydrogen) atoms. The molecule has 3 aromatic rings. The highest BCUT2D eigenvalue weighted by molar-refractivity contribution is 7.12. The third-order valence-corrected chi connectivity index (χ3v) is 6.92. The summed E-state index contributed by atoms with van der Waals surface area (Å²) in [5, 5.41) is 5.06. The van der Waals surface area contributed by atoms with Crippen LogP contribution >= 0.6 is 22.7 Å². The Labute approximate surface area is 184 Å². The van der Waals surface area contributed by atoms with Crippen LogP contribution in [0.25, 0.3) is 0 Å². The van der Waals surface area contributed by atoms with Crippen molar-refractivity contribution in [2.75, 3.05) is 38.1 Å². The SMILES string of the molecule is Cc1nc(CN2CCN(C(=O)c3ccccc3N(C)C(=O)c3cccs3)CC2)cs1. The molecule has 0 unspecified atom stereocenters. The van der Waals surface area contributed by atoms with Gasteiger partial charge in [0, 0.05) is 45.2 Å². The van der Waals surface area contributed by atoms with Crippen molar-refractivity contribution in [3.8, 4) is 0 Å². The van der Waals surface area contributed by atoms with Crippen molar-refractivity contribution < 1.29 is 9.59 Å². The van der Waals surface area contributed by atoms with Crippen LogP contribution in [0.1, 0.15) is 30.7 Å². The van der Waals surface area contributed by atoms with E-state index in [1.165, 1.54) is 11.3 Å². The number of anilines is 1. The first kappa shape index (κ1) is 20.7. The Bertz CT molecular complexity index is 1020. The lowest BCUT2D eigenvalue weighted by molar-refractivity contribution is 0.0628. The van der Waals surface area contributed by atoms with Crippen LogP contribution in [0.3, 0.4) is 0 Å². The summed E-state index contributed by atoms with van der Waals surface area (Å²) in [5.74, 6) is -0.130. The molecule has 0 aliphatic carbocycles. The summed E-state index contributed by atoms with van der Waals surface area (Å²) in [6.45, 7) is 5.80. The van der Waals surface area contributed by atoms with E-state index in [1.54, 1.807) is 35.4 Å². The van der Waals surface area contributed by atoms with Gasteiger partial charge in [-0.25, -0.2) is 4.98 Å².